The SMILES string of the molecule is N[C@H]1CS[C@@H](CCCCC(=O)O)[C@H]1NC(=O)CCCC[C@@H]1SC[C@@H]2NC(=O)N[C@@H]21. The van der Waals surface area contributed by atoms with E-state index in [1.807, 2.05) is 11.8 Å². The number of amides is 3. The van der Waals surface area contributed by atoms with Gasteiger partial charge >= 0.3 is 12.0 Å². The number of hydrogen-bond donors (Lipinski definition) is 5. The van der Waals surface area contributed by atoms with Crippen LogP contribution in [0.25, 0.3) is 0 Å². The number of carboxylic acids is 1. The number of thioether (sulfide) groups is 2. The third-order valence-corrected chi connectivity index (χ3v) is 8.95. The number of carbonyl (C=O) groups is 3. The van der Waals surface area contributed by atoms with Crippen LogP contribution in [0.5, 0.6) is 0 Å². The molecule has 10 heteroatoms. The van der Waals surface area contributed by atoms with Gasteiger partial charge in [-0.05, 0) is 25.7 Å². The molecule has 3 aliphatic heterocycles. The molecule has 0 aliphatic carbocycles. The number of carbonyl (C=O) groups excluding carboxylic acids is 2. The van der Waals surface area contributed by atoms with Crippen molar-refractivity contribution in [3.8, 4) is 0 Å². The molecule has 3 rings (SSSR count). The first-order chi connectivity index (χ1) is 13.9. The number of hydrogen-bond acceptors (Lipinski definition) is 6. The third kappa shape index (κ3) is 6.42. The first-order valence-electron chi connectivity index (χ1n) is 10.5. The van der Waals surface area contributed by atoms with Gasteiger partial charge in [-0.3, -0.25) is 9.59 Å². The molecule has 3 fully saturated rings. The molecule has 0 saturated carbocycles. The standard InChI is InChI=1S/C19H32N4O4S2/c20-11-9-28-13(5-2-4-8-16(25)26)17(11)22-15(24)7-3-1-6-14-18-12(10-29-14)21-19(27)23-18/h11-14,17-18H,1-10,20H2,(H,22,24)(H,25,26)(H2,21,23,27)/t11-,12-,13-,14-,17-,18-/m0/s1. The van der Waals surface area contributed by atoms with Gasteiger partial charge in [-0.1, -0.05) is 12.8 Å². The fourth-order valence-electron chi connectivity index (χ4n) is 4.33. The van der Waals surface area contributed by atoms with Crippen LogP contribution < -0.4 is 21.7 Å². The fourth-order valence-corrected chi connectivity index (χ4v) is 7.37. The Labute approximate surface area is 180 Å². The molecular weight excluding hydrogens is 412 g/mol. The van der Waals surface area contributed by atoms with Crippen LogP contribution >= 0.6 is 23.5 Å². The highest BCUT2D eigenvalue weighted by Crippen LogP contribution is 2.33. The predicted molar refractivity (Wildman–Crippen MR) is 116 cm³/mol. The summed E-state index contributed by atoms with van der Waals surface area (Å²) in [6, 6.07) is 0.334. The Morgan fingerprint density at radius 3 is 2.48 bits per heavy atom. The molecular formula is C19H32N4O4S2. The predicted octanol–water partition coefficient (Wildman–Crippen LogP) is 1.28. The van der Waals surface area contributed by atoms with E-state index in [-0.39, 0.29) is 47.8 Å². The van der Waals surface area contributed by atoms with Crippen LogP contribution in [-0.2, 0) is 9.59 Å². The summed E-state index contributed by atoms with van der Waals surface area (Å²) in [7, 11) is 0. The molecule has 3 aliphatic rings. The molecule has 6 N–H and O–H groups in total. The second-order valence-electron chi connectivity index (χ2n) is 8.14. The molecule has 8 nitrogen and oxygen atoms in total. The molecule has 3 amide bonds. The van der Waals surface area contributed by atoms with Gasteiger partial charge in [0.05, 0.1) is 18.1 Å². The lowest BCUT2D eigenvalue weighted by molar-refractivity contribution is -0.137. The molecule has 3 heterocycles. The van der Waals surface area contributed by atoms with Crippen LogP contribution in [0.3, 0.4) is 0 Å². The number of fused-ring (bicyclic) bond motifs is 1. The number of unbranched alkanes of at least 4 members (excludes halogenated alkanes) is 2. The van der Waals surface area contributed by atoms with Crippen molar-refractivity contribution >= 4 is 41.4 Å². The molecule has 3 saturated heterocycles. The van der Waals surface area contributed by atoms with E-state index in [1.54, 1.807) is 11.8 Å². The van der Waals surface area contributed by atoms with Gasteiger partial charge < -0.3 is 26.8 Å². The summed E-state index contributed by atoms with van der Waals surface area (Å²) in [6.07, 6.45) is 5.89. The topological polar surface area (TPSA) is 134 Å². The summed E-state index contributed by atoms with van der Waals surface area (Å²) in [6.45, 7) is 0. The van der Waals surface area contributed by atoms with Crippen LogP contribution in [-0.4, -0.2) is 69.2 Å². The van der Waals surface area contributed by atoms with Gasteiger partial charge in [0, 0.05) is 40.9 Å². The Hall–Kier alpha value is -1.13. The highest BCUT2D eigenvalue weighted by molar-refractivity contribution is 8.00. The highest BCUT2D eigenvalue weighted by Gasteiger charge is 2.42. The monoisotopic (exact) mass is 444 g/mol. The van der Waals surface area contributed by atoms with Crippen LogP contribution in [0, 0.1) is 0 Å². The zero-order valence-corrected chi connectivity index (χ0v) is 18.2. The van der Waals surface area contributed by atoms with Gasteiger partial charge in [-0.25, -0.2) is 4.79 Å². The van der Waals surface area contributed by atoms with Crippen LogP contribution in [0.2, 0.25) is 0 Å². The van der Waals surface area contributed by atoms with Crippen molar-refractivity contribution in [3.05, 3.63) is 0 Å². The van der Waals surface area contributed by atoms with Gasteiger partial charge in [-0.2, -0.15) is 23.5 Å². The van der Waals surface area contributed by atoms with Crippen molar-refractivity contribution in [2.75, 3.05) is 11.5 Å². The summed E-state index contributed by atoms with van der Waals surface area (Å²) >= 11 is 3.68. The van der Waals surface area contributed by atoms with Crippen molar-refractivity contribution in [2.45, 2.75) is 86.0 Å². The zero-order chi connectivity index (χ0) is 20.8. The van der Waals surface area contributed by atoms with Crippen molar-refractivity contribution in [2.24, 2.45) is 5.73 Å². The van der Waals surface area contributed by atoms with Gasteiger partial charge in [0.1, 0.15) is 0 Å². The minimum atomic E-state index is -0.760. The van der Waals surface area contributed by atoms with E-state index in [0.717, 1.165) is 43.6 Å². The van der Waals surface area contributed by atoms with Crippen LogP contribution in [0.4, 0.5) is 4.79 Å². The van der Waals surface area contributed by atoms with Gasteiger partial charge in [0.15, 0.2) is 0 Å². The first kappa shape index (κ1) is 22.6. The van der Waals surface area contributed by atoms with E-state index in [2.05, 4.69) is 16.0 Å². The molecule has 0 unspecified atom stereocenters. The molecule has 6 atom stereocenters. The molecule has 0 bridgehead atoms. The van der Waals surface area contributed by atoms with E-state index >= 15 is 0 Å². The maximum atomic E-state index is 12.4. The maximum absolute atomic E-state index is 12.4. The third-order valence-electron chi connectivity index (χ3n) is 5.90. The Morgan fingerprint density at radius 1 is 1.03 bits per heavy atom. The fraction of sp³-hybridized carbons (Fsp3) is 0.842. The summed E-state index contributed by atoms with van der Waals surface area (Å²) in [5, 5.41) is 18.5. The molecule has 0 aromatic rings. The molecule has 0 aromatic heterocycles. The van der Waals surface area contributed by atoms with E-state index in [0.29, 0.717) is 18.1 Å². The van der Waals surface area contributed by atoms with Crippen LogP contribution in [0.15, 0.2) is 0 Å². The number of aliphatic carboxylic acids is 1. The molecule has 0 spiro atoms. The van der Waals surface area contributed by atoms with Crippen LogP contribution in [0.1, 0.15) is 51.4 Å². The normalized spacial score (nSPS) is 33.2. The average Bonchev–Trinajstić information content (AvgIpc) is 3.32. The Bertz CT molecular complexity index is 609. The Balaban J connectivity index is 1.31. The van der Waals surface area contributed by atoms with Crippen molar-refractivity contribution < 1.29 is 19.5 Å². The summed E-state index contributed by atoms with van der Waals surface area (Å²) < 4.78 is 0. The number of carboxylic acid groups (broad SMARTS) is 1. The first-order valence-corrected chi connectivity index (χ1v) is 12.6. The zero-order valence-electron chi connectivity index (χ0n) is 16.6. The number of nitrogens with two attached hydrogens (primary N) is 1. The second-order valence-corrected chi connectivity index (χ2v) is 10.7. The Morgan fingerprint density at radius 2 is 1.72 bits per heavy atom. The van der Waals surface area contributed by atoms with Gasteiger partial charge in [0.2, 0.25) is 5.91 Å². The maximum Gasteiger partial charge on any atom is 0.315 e. The Kier molecular flexibility index (Phi) is 8.37. The lowest BCUT2D eigenvalue weighted by Crippen LogP contribution is -2.49. The summed E-state index contributed by atoms with van der Waals surface area (Å²) in [5.74, 6) is 1.08. The smallest absolute Gasteiger partial charge is 0.315 e. The van der Waals surface area contributed by atoms with Crippen molar-refractivity contribution in [1.29, 1.82) is 0 Å². The average molecular weight is 445 g/mol. The summed E-state index contributed by atoms with van der Waals surface area (Å²) in [4.78, 5) is 34.5. The highest BCUT2D eigenvalue weighted by atomic mass is 32.2. The largest absolute Gasteiger partial charge is 0.481 e. The number of rotatable bonds is 11. The van der Waals surface area contributed by atoms with E-state index in [4.69, 9.17) is 10.8 Å². The van der Waals surface area contributed by atoms with Gasteiger partial charge in [-0.15, -0.1) is 0 Å². The van der Waals surface area contributed by atoms with E-state index < -0.39 is 5.97 Å². The van der Waals surface area contributed by atoms with Gasteiger partial charge in [0.25, 0.3) is 0 Å². The van der Waals surface area contributed by atoms with E-state index in [9.17, 15) is 14.4 Å². The van der Waals surface area contributed by atoms with Crippen molar-refractivity contribution in [1.82, 2.24) is 16.0 Å². The lowest BCUT2D eigenvalue weighted by atomic mass is 10.0. The van der Waals surface area contributed by atoms with E-state index in [1.165, 1.54) is 0 Å². The second kappa shape index (κ2) is 10.8. The quantitative estimate of drug-likeness (QED) is 0.239. The van der Waals surface area contributed by atoms with Crippen molar-refractivity contribution in [3.63, 3.8) is 0 Å². The summed E-state index contributed by atoms with van der Waals surface area (Å²) in [5.41, 5.74) is 6.20. The molecule has 0 radical (unpaired) electrons. The molecule has 0 aromatic carbocycles. The lowest BCUT2D eigenvalue weighted by Gasteiger charge is -2.23. The number of urea groups is 1. The minimum Gasteiger partial charge on any atom is -0.481 e. The molecule has 164 valence electrons. The number of nitrogens with one attached hydrogen (secondary N) is 3. The minimum absolute atomic E-state index is 0.0248. The molecule has 29 heavy (non-hydrogen) atoms.